The average molecular weight is 221 g/mol. The first kappa shape index (κ1) is 9.93. The molecule has 0 saturated carbocycles. The minimum absolute atomic E-state index is 0.384. The van der Waals surface area contributed by atoms with Crippen LogP contribution in [0.25, 0.3) is 5.69 Å². The van der Waals surface area contributed by atoms with E-state index in [9.17, 15) is 4.79 Å². The van der Waals surface area contributed by atoms with E-state index in [1.165, 1.54) is 0 Å². The Hall–Kier alpha value is -1.61. The van der Waals surface area contributed by atoms with Crippen LogP contribution in [0.5, 0.6) is 0 Å². The van der Waals surface area contributed by atoms with Crippen LogP contribution < -0.4 is 0 Å². The van der Waals surface area contributed by atoms with Gasteiger partial charge in [0.25, 0.3) is 0 Å². The minimum Gasteiger partial charge on any atom is -0.295 e. The van der Waals surface area contributed by atoms with Gasteiger partial charge in [-0.2, -0.15) is 0 Å². The molecule has 0 atom stereocenters. The van der Waals surface area contributed by atoms with E-state index in [0.29, 0.717) is 10.8 Å². The Morgan fingerprint density at radius 1 is 1.47 bits per heavy atom. The first-order valence-corrected chi connectivity index (χ1v) is 4.85. The van der Waals surface area contributed by atoms with Crippen LogP contribution in [0.15, 0.2) is 30.5 Å². The molecule has 2 aromatic rings. The quantitative estimate of drug-likeness (QED) is 0.730. The third kappa shape index (κ3) is 1.78. The van der Waals surface area contributed by atoms with Crippen molar-refractivity contribution in [3.63, 3.8) is 0 Å². The van der Waals surface area contributed by atoms with Crippen molar-refractivity contribution in [3.05, 3.63) is 47.0 Å². The largest absolute Gasteiger partial charge is 0.295 e. The number of hydrogen-bond donors (Lipinski definition) is 0. The van der Waals surface area contributed by atoms with E-state index in [4.69, 9.17) is 11.6 Å². The Bertz CT molecular complexity index is 505. The average Bonchev–Trinajstić information content (AvgIpc) is 2.59. The van der Waals surface area contributed by atoms with Crippen LogP contribution in [-0.4, -0.2) is 15.8 Å². The van der Waals surface area contributed by atoms with Gasteiger partial charge >= 0.3 is 0 Å². The smallest absolute Gasteiger partial charge is 0.185 e. The molecule has 0 amide bonds. The highest BCUT2D eigenvalue weighted by molar-refractivity contribution is 6.30. The molecule has 2 rings (SSSR count). The lowest BCUT2D eigenvalue weighted by molar-refractivity contribution is 0.111. The number of halogens is 1. The molecule has 1 aromatic carbocycles. The van der Waals surface area contributed by atoms with Crippen molar-refractivity contribution >= 4 is 17.9 Å². The zero-order valence-electron chi connectivity index (χ0n) is 8.14. The first-order chi connectivity index (χ1) is 7.22. The zero-order valence-corrected chi connectivity index (χ0v) is 8.90. The van der Waals surface area contributed by atoms with E-state index in [-0.39, 0.29) is 0 Å². The predicted octanol–water partition coefficient (Wildman–Crippen LogP) is 2.65. The van der Waals surface area contributed by atoms with Crippen LogP contribution in [0.1, 0.15) is 16.3 Å². The molecule has 15 heavy (non-hydrogen) atoms. The molecular weight excluding hydrogens is 212 g/mol. The highest BCUT2D eigenvalue weighted by Gasteiger charge is 2.07. The Labute approximate surface area is 92.3 Å². The van der Waals surface area contributed by atoms with Crippen molar-refractivity contribution in [1.82, 2.24) is 9.55 Å². The summed E-state index contributed by atoms with van der Waals surface area (Å²) in [5.41, 5.74) is 1.75. The fourth-order valence-corrected chi connectivity index (χ4v) is 1.67. The number of carbonyl (C=O) groups excluding carboxylic acids is 1. The molecule has 0 aliphatic carbocycles. The second kappa shape index (κ2) is 3.87. The summed E-state index contributed by atoms with van der Waals surface area (Å²) in [4.78, 5) is 14.8. The van der Waals surface area contributed by atoms with Crippen molar-refractivity contribution in [2.24, 2.45) is 0 Å². The van der Waals surface area contributed by atoms with Crippen LogP contribution in [0.2, 0.25) is 5.02 Å². The molecule has 0 unspecified atom stereocenters. The maximum atomic E-state index is 10.8. The molecule has 0 N–H and O–H groups in total. The van der Waals surface area contributed by atoms with E-state index in [2.05, 4.69) is 4.98 Å². The van der Waals surface area contributed by atoms with Gasteiger partial charge in [-0.05, 0) is 25.1 Å². The molecule has 0 fully saturated rings. The third-order valence-electron chi connectivity index (χ3n) is 2.14. The fraction of sp³-hybridized carbons (Fsp3) is 0.0909. The van der Waals surface area contributed by atoms with E-state index in [1.807, 2.05) is 19.1 Å². The summed E-state index contributed by atoms with van der Waals surface area (Å²) in [6.45, 7) is 1.89. The van der Waals surface area contributed by atoms with Crippen LogP contribution in [0.3, 0.4) is 0 Å². The second-order valence-corrected chi connectivity index (χ2v) is 3.63. The third-order valence-corrected chi connectivity index (χ3v) is 2.37. The molecule has 1 heterocycles. The van der Waals surface area contributed by atoms with E-state index in [0.717, 1.165) is 17.7 Å². The number of carbonyl (C=O) groups is 1. The standard InChI is InChI=1S/C11H9ClN2O/c1-8-6-13-11(7-15)14(8)10-4-2-3-9(12)5-10/h2-7H,1H3. The summed E-state index contributed by atoms with van der Waals surface area (Å²) >= 11 is 5.89. The van der Waals surface area contributed by atoms with Crippen molar-refractivity contribution in [2.45, 2.75) is 6.92 Å². The number of imidazole rings is 1. The van der Waals surface area contributed by atoms with Gasteiger partial charge in [0.05, 0.1) is 0 Å². The summed E-state index contributed by atoms with van der Waals surface area (Å²) in [6.07, 6.45) is 2.39. The minimum atomic E-state index is 0.384. The Balaban J connectivity index is 2.62. The number of aromatic nitrogens is 2. The molecule has 0 spiro atoms. The molecule has 0 aliphatic rings. The molecule has 0 saturated heterocycles. The van der Waals surface area contributed by atoms with E-state index in [1.54, 1.807) is 22.9 Å². The molecule has 1 aromatic heterocycles. The number of rotatable bonds is 2. The maximum Gasteiger partial charge on any atom is 0.185 e. The van der Waals surface area contributed by atoms with Crippen molar-refractivity contribution in [1.29, 1.82) is 0 Å². The van der Waals surface area contributed by atoms with Gasteiger partial charge in [0.15, 0.2) is 12.1 Å². The zero-order chi connectivity index (χ0) is 10.8. The van der Waals surface area contributed by atoms with Crippen LogP contribution >= 0.6 is 11.6 Å². The highest BCUT2D eigenvalue weighted by Crippen LogP contribution is 2.17. The number of aldehydes is 1. The van der Waals surface area contributed by atoms with Crippen LogP contribution in [0, 0.1) is 6.92 Å². The first-order valence-electron chi connectivity index (χ1n) is 4.48. The monoisotopic (exact) mass is 220 g/mol. The van der Waals surface area contributed by atoms with Crippen molar-refractivity contribution in [2.75, 3.05) is 0 Å². The molecule has 76 valence electrons. The SMILES string of the molecule is Cc1cnc(C=O)n1-c1cccc(Cl)c1. The summed E-state index contributed by atoms with van der Waals surface area (Å²) in [6, 6.07) is 7.31. The predicted molar refractivity (Wildman–Crippen MR) is 58.7 cm³/mol. The van der Waals surface area contributed by atoms with Gasteiger partial charge in [0, 0.05) is 22.6 Å². The molecule has 0 aliphatic heterocycles. The Morgan fingerprint density at radius 2 is 2.27 bits per heavy atom. The Kier molecular flexibility index (Phi) is 2.56. The number of hydrogen-bond acceptors (Lipinski definition) is 2. The number of nitrogens with zero attached hydrogens (tertiary/aromatic N) is 2. The lowest BCUT2D eigenvalue weighted by Gasteiger charge is -2.06. The second-order valence-electron chi connectivity index (χ2n) is 3.19. The van der Waals surface area contributed by atoms with Gasteiger partial charge in [-0.25, -0.2) is 4.98 Å². The molecular formula is C11H9ClN2O. The molecule has 0 radical (unpaired) electrons. The highest BCUT2D eigenvalue weighted by atomic mass is 35.5. The van der Waals surface area contributed by atoms with Gasteiger partial charge in [-0.15, -0.1) is 0 Å². The van der Waals surface area contributed by atoms with Crippen LogP contribution in [-0.2, 0) is 0 Å². The maximum absolute atomic E-state index is 10.8. The lowest BCUT2D eigenvalue weighted by Crippen LogP contribution is -2.01. The molecule has 0 bridgehead atoms. The summed E-state index contributed by atoms with van der Waals surface area (Å²) in [7, 11) is 0. The summed E-state index contributed by atoms with van der Waals surface area (Å²) in [5.74, 6) is 0.384. The Morgan fingerprint density at radius 3 is 2.93 bits per heavy atom. The normalized spacial score (nSPS) is 10.3. The number of aryl methyl sites for hydroxylation is 1. The topological polar surface area (TPSA) is 34.9 Å². The van der Waals surface area contributed by atoms with E-state index >= 15 is 0 Å². The van der Waals surface area contributed by atoms with Crippen molar-refractivity contribution < 1.29 is 4.79 Å². The van der Waals surface area contributed by atoms with Gasteiger partial charge < -0.3 is 0 Å². The van der Waals surface area contributed by atoms with Gasteiger partial charge in [-0.3, -0.25) is 9.36 Å². The van der Waals surface area contributed by atoms with Gasteiger partial charge in [-0.1, -0.05) is 17.7 Å². The van der Waals surface area contributed by atoms with Gasteiger partial charge in [0.1, 0.15) is 0 Å². The summed E-state index contributed by atoms with van der Waals surface area (Å²) in [5, 5.41) is 0.637. The van der Waals surface area contributed by atoms with Crippen molar-refractivity contribution in [3.8, 4) is 5.69 Å². The van der Waals surface area contributed by atoms with Crippen LogP contribution in [0.4, 0.5) is 0 Å². The van der Waals surface area contributed by atoms with E-state index < -0.39 is 0 Å². The number of benzene rings is 1. The van der Waals surface area contributed by atoms with Gasteiger partial charge in [0.2, 0.25) is 0 Å². The lowest BCUT2D eigenvalue weighted by atomic mass is 10.3. The fourth-order valence-electron chi connectivity index (χ4n) is 1.49. The molecule has 4 heteroatoms. The molecule has 3 nitrogen and oxygen atoms in total. The summed E-state index contributed by atoms with van der Waals surface area (Å²) < 4.78 is 1.76.